The van der Waals surface area contributed by atoms with Gasteiger partial charge < -0.3 is 10.5 Å². The van der Waals surface area contributed by atoms with Crippen LogP contribution in [0.15, 0.2) is 39.0 Å². The van der Waals surface area contributed by atoms with Crippen molar-refractivity contribution in [3.05, 3.63) is 62.3 Å². The van der Waals surface area contributed by atoms with Gasteiger partial charge in [-0.25, -0.2) is 9.18 Å². The predicted molar refractivity (Wildman–Crippen MR) is 141 cm³/mol. The Morgan fingerprint density at radius 3 is 2.63 bits per heavy atom. The van der Waals surface area contributed by atoms with Gasteiger partial charge in [0.15, 0.2) is 28.3 Å². The van der Waals surface area contributed by atoms with Crippen molar-refractivity contribution in [3.63, 3.8) is 0 Å². The van der Waals surface area contributed by atoms with Gasteiger partial charge >= 0.3 is 5.69 Å². The minimum atomic E-state index is -0.730. The fourth-order valence-electron chi connectivity index (χ4n) is 6.02. The summed E-state index contributed by atoms with van der Waals surface area (Å²) in [5.74, 6) is 1.22. The van der Waals surface area contributed by atoms with Crippen LogP contribution in [0.25, 0.3) is 0 Å². The van der Waals surface area contributed by atoms with E-state index in [1.54, 1.807) is 18.2 Å². The first kappa shape index (κ1) is 26.2. The number of hydrogen-bond donors (Lipinski definition) is 1. The van der Waals surface area contributed by atoms with Crippen molar-refractivity contribution in [1.82, 2.24) is 23.9 Å². The van der Waals surface area contributed by atoms with E-state index in [1.807, 2.05) is 4.57 Å². The molecule has 12 heteroatoms. The second-order valence-electron chi connectivity index (χ2n) is 10.2. The van der Waals surface area contributed by atoms with Crippen LogP contribution < -0.4 is 21.7 Å². The Hall–Kier alpha value is -3.41. The minimum absolute atomic E-state index is 0.0158. The first-order valence-electron chi connectivity index (χ1n) is 12.7. The number of fused-ring (bicyclic) bond motifs is 2. The molecule has 1 aromatic carbocycles. The van der Waals surface area contributed by atoms with Crippen LogP contribution in [0.2, 0.25) is 0 Å². The van der Waals surface area contributed by atoms with Crippen molar-refractivity contribution in [2.24, 2.45) is 31.8 Å². The summed E-state index contributed by atoms with van der Waals surface area (Å²) in [5.41, 5.74) is 4.41. The quantitative estimate of drug-likeness (QED) is 0.323. The number of nitrogens with two attached hydrogens (primary N) is 1. The lowest BCUT2D eigenvalue weighted by Crippen LogP contribution is -2.41. The number of ether oxygens (including phenoxy) is 1. The van der Waals surface area contributed by atoms with Gasteiger partial charge in [-0.05, 0) is 56.1 Å². The van der Waals surface area contributed by atoms with Crippen LogP contribution in [0.4, 0.5) is 10.2 Å². The number of anilines is 1. The normalized spacial score (nSPS) is 21.1. The van der Waals surface area contributed by atoms with Crippen LogP contribution in [0.5, 0.6) is 5.75 Å². The van der Waals surface area contributed by atoms with Gasteiger partial charge in [0.2, 0.25) is 0 Å². The molecule has 38 heavy (non-hydrogen) atoms. The van der Waals surface area contributed by atoms with Crippen molar-refractivity contribution >= 4 is 23.4 Å². The summed E-state index contributed by atoms with van der Waals surface area (Å²) in [5, 5.41) is 9.20. The number of carbonyl (C=O) groups excluding carboxylic acids is 1. The summed E-state index contributed by atoms with van der Waals surface area (Å²) in [6.45, 7) is 2.15. The molecule has 5 rings (SSSR count). The Morgan fingerprint density at radius 1 is 1.18 bits per heavy atom. The monoisotopic (exact) mass is 542 g/mol. The Bertz CT molecular complexity index is 1500. The standard InChI is InChI=1S/C26H31FN6O4S/c1-14(17-11-15-8-9-16(17)10-15)33-21(12-37-20-7-5-4-6-18(20)27)29-30-25(33)38-13-19(34)22-23(28)31(2)26(36)32(3)24(22)35/h4-7,14-17H,8-13,28H2,1-3H3/t14-,15-,16-,17-/m1/s1. The molecule has 2 heterocycles. The lowest BCUT2D eigenvalue weighted by atomic mass is 9.84. The minimum Gasteiger partial charge on any atom is -0.483 e. The molecule has 2 saturated carbocycles. The lowest BCUT2D eigenvalue weighted by molar-refractivity contribution is 0.102. The third kappa shape index (κ3) is 4.65. The number of Topliss-reactive ketones (excluding diaryl/α,β-unsaturated/α-hetero) is 1. The second kappa shape index (κ2) is 10.4. The summed E-state index contributed by atoms with van der Waals surface area (Å²) in [6.07, 6.45) is 4.84. The van der Waals surface area contributed by atoms with Gasteiger partial charge in [-0.3, -0.25) is 23.3 Å². The van der Waals surface area contributed by atoms with Crippen molar-refractivity contribution in [2.45, 2.75) is 50.4 Å². The fourth-order valence-corrected chi connectivity index (χ4v) is 6.93. The highest BCUT2D eigenvalue weighted by Crippen LogP contribution is 2.52. The third-order valence-electron chi connectivity index (χ3n) is 8.07. The van der Waals surface area contributed by atoms with E-state index in [0.717, 1.165) is 33.2 Å². The van der Waals surface area contributed by atoms with Gasteiger partial charge in [0.25, 0.3) is 5.56 Å². The molecule has 2 bridgehead atoms. The van der Waals surface area contributed by atoms with E-state index in [-0.39, 0.29) is 35.5 Å². The first-order chi connectivity index (χ1) is 18.2. The van der Waals surface area contributed by atoms with Crippen molar-refractivity contribution in [1.29, 1.82) is 0 Å². The van der Waals surface area contributed by atoms with Crippen LogP contribution in [0.1, 0.15) is 54.8 Å². The molecule has 0 amide bonds. The van der Waals surface area contributed by atoms with E-state index in [4.69, 9.17) is 10.5 Å². The van der Waals surface area contributed by atoms with Gasteiger partial charge in [0.1, 0.15) is 18.0 Å². The first-order valence-corrected chi connectivity index (χ1v) is 13.7. The number of carbonyl (C=O) groups is 1. The highest BCUT2D eigenvalue weighted by molar-refractivity contribution is 7.99. The highest BCUT2D eigenvalue weighted by atomic mass is 32.2. The molecule has 0 unspecified atom stereocenters. The lowest BCUT2D eigenvalue weighted by Gasteiger charge is -2.30. The number of nitrogen functional groups attached to an aromatic ring is 1. The maximum absolute atomic E-state index is 14.2. The van der Waals surface area contributed by atoms with Gasteiger partial charge in [-0.2, -0.15) is 0 Å². The SMILES string of the molecule is C[C@H]([C@H]1C[C@@H]2CC[C@@H]1C2)n1c(COc2ccccc2F)nnc1SCC(=O)c1c(N)n(C)c(=O)n(C)c1=O. The van der Waals surface area contributed by atoms with Gasteiger partial charge in [0.05, 0.1) is 5.75 Å². The Kier molecular flexibility index (Phi) is 7.17. The maximum atomic E-state index is 14.2. The van der Waals surface area contributed by atoms with E-state index < -0.39 is 22.8 Å². The number of para-hydroxylation sites is 1. The molecule has 2 N–H and O–H groups in total. The summed E-state index contributed by atoms with van der Waals surface area (Å²) in [4.78, 5) is 37.9. The fraction of sp³-hybridized carbons (Fsp3) is 0.500. The van der Waals surface area contributed by atoms with Crippen molar-refractivity contribution < 1.29 is 13.9 Å². The highest BCUT2D eigenvalue weighted by Gasteiger charge is 2.43. The number of hydrogen-bond acceptors (Lipinski definition) is 8. The third-order valence-corrected chi connectivity index (χ3v) is 9.01. The molecule has 0 aliphatic heterocycles. The molecule has 0 radical (unpaired) electrons. The number of ketones is 1. The average molecular weight is 543 g/mol. The largest absolute Gasteiger partial charge is 0.483 e. The molecule has 2 aliphatic rings. The number of aromatic nitrogens is 5. The number of nitrogens with zero attached hydrogens (tertiary/aromatic N) is 5. The van der Waals surface area contributed by atoms with Gasteiger partial charge in [-0.1, -0.05) is 30.3 Å². The molecule has 3 aromatic rings. The topological polar surface area (TPSA) is 127 Å². The van der Waals surface area contributed by atoms with Crippen molar-refractivity contribution in [2.75, 3.05) is 11.5 Å². The van der Waals surface area contributed by atoms with Crippen molar-refractivity contribution in [3.8, 4) is 5.75 Å². The summed E-state index contributed by atoms with van der Waals surface area (Å²) in [6, 6.07) is 6.23. The molecule has 4 atom stereocenters. The Morgan fingerprint density at radius 2 is 1.95 bits per heavy atom. The van der Waals surface area contributed by atoms with Crippen LogP contribution >= 0.6 is 11.8 Å². The molecule has 0 saturated heterocycles. The second-order valence-corrected chi connectivity index (χ2v) is 11.2. The van der Waals surface area contributed by atoms with Crippen LogP contribution in [-0.2, 0) is 20.7 Å². The van der Waals surface area contributed by atoms with E-state index >= 15 is 0 Å². The zero-order valence-electron chi connectivity index (χ0n) is 21.6. The number of rotatable bonds is 9. The smallest absolute Gasteiger partial charge is 0.332 e. The molecule has 202 valence electrons. The van der Waals surface area contributed by atoms with E-state index in [0.29, 0.717) is 22.8 Å². The molecule has 2 fully saturated rings. The molecule has 0 spiro atoms. The van der Waals surface area contributed by atoms with Crippen LogP contribution in [0.3, 0.4) is 0 Å². The zero-order chi connectivity index (χ0) is 27.1. The van der Waals surface area contributed by atoms with Crippen LogP contribution in [-0.4, -0.2) is 35.4 Å². The van der Waals surface area contributed by atoms with Gasteiger partial charge in [0, 0.05) is 20.1 Å². The number of thioether (sulfide) groups is 1. The van der Waals surface area contributed by atoms with E-state index in [9.17, 15) is 18.8 Å². The molecular formula is C26H31FN6O4S. The zero-order valence-corrected chi connectivity index (χ0v) is 22.4. The molecular weight excluding hydrogens is 511 g/mol. The maximum Gasteiger partial charge on any atom is 0.332 e. The van der Waals surface area contributed by atoms with E-state index in [1.165, 1.54) is 39.4 Å². The summed E-state index contributed by atoms with van der Waals surface area (Å²) >= 11 is 1.16. The molecule has 2 aromatic heterocycles. The predicted octanol–water partition coefficient (Wildman–Crippen LogP) is 2.95. The Balaban J connectivity index is 1.41. The van der Waals surface area contributed by atoms with E-state index in [2.05, 4.69) is 17.1 Å². The Labute approximate surface area is 223 Å². The number of halogens is 1. The number of benzene rings is 1. The summed E-state index contributed by atoms with van der Waals surface area (Å²) in [7, 11) is 2.72. The van der Waals surface area contributed by atoms with Crippen LogP contribution in [0, 0.1) is 23.6 Å². The average Bonchev–Trinajstić information content (AvgIpc) is 3.65. The molecule has 2 aliphatic carbocycles. The van der Waals surface area contributed by atoms with Gasteiger partial charge in [-0.15, -0.1) is 10.2 Å². The summed E-state index contributed by atoms with van der Waals surface area (Å²) < 4.78 is 23.8. The molecule has 10 nitrogen and oxygen atoms in total.